The molecule has 2 fully saturated rings. The molecule has 2 saturated heterocycles. The van der Waals surface area contributed by atoms with Crippen LogP contribution < -0.4 is 5.59 Å². The largest absolute Gasteiger partial charge is 0.519 e. The van der Waals surface area contributed by atoms with E-state index < -0.39 is 7.12 Å². The number of ether oxygens (including phenoxy) is 1. The molecule has 0 amide bonds. The summed E-state index contributed by atoms with van der Waals surface area (Å²) in [5.74, 6) is 0. The van der Waals surface area contributed by atoms with Crippen molar-refractivity contribution in [3.05, 3.63) is 4.60 Å². The topological polar surface area (TPSA) is 58.4 Å². The molecule has 8 heteroatoms. The van der Waals surface area contributed by atoms with E-state index in [0.29, 0.717) is 11.6 Å². The summed E-state index contributed by atoms with van der Waals surface area (Å²) in [6.07, 6.45) is 1.90. The summed E-state index contributed by atoms with van der Waals surface area (Å²) < 4.78 is 20.2. The number of hydrogen-bond acceptors (Lipinski definition) is 5. The van der Waals surface area contributed by atoms with Crippen molar-refractivity contribution < 1.29 is 14.0 Å². The van der Waals surface area contributed by atoms with Gasteiger partial charge < -0.3 is 14.0 Å². The Morgan fingerprint density at radius 2 is 1.71 bits per heavy atom. The van der Waals surface area contributed by atoms with Gasteiger partial charge in [0.1, 0.15) is 10.2 Å². The van der Waals surface area contributed by atoms with Crippen LogP contribution in [-0.4, -0.2) is 46.5 Å². The van der Waals surface area contributed by atoms with Gasteiger partial charge in [-0.05, 0) is 56.5 Å². The van der Waals surface area contributed by atoms with Gasteiger partial charge in [0, 0.05) is 13.2 Å². The second kappa shape index (κ2) is 5.33. The molecule has 21 heavy (non-hydrogen) atoms. The second-order valence-electron chi connectivity index (χ2n) is 6.64. The molecule has 2 aliphatic heterocycles. The van der Waals surface area contributed by atoms with Crippen LogP contribution in [0.5, 0.6) is 0 Å². The maximum Gasteiger partial charge on any atom is 0.519 e. The summed E-state index contributed by atoms with van der Waals surface area (Å²) in [7, 11) is -0.488. The lowest BCUT2D eigenvalue weighted by molar-refractivity contribution is 0.00578. The van der Waals surface area contributed by atoms with Crippen molar-refractivity contribution in [3.8, 4) is 0 Å². The zero-order chi connectivity index (χ0) is 15.3. The van der Waals surface area contributed by atoms with Gasteiger partial charge in [0.15, 0.2) is 0 Å². The Morgan fingerprint density at radius 1 is 1.14 bits per heavy atom. The third kappa shape index (κ3) is 2.67. The summed E-state index contributed by atoms with van der Waals surface area (Å²) in [5, 5.41) is 8.56. The zero-order valence-electron chi connectivity index (χ0n) is 12.9. The fourth-order valence-corrected chi connectivity index (χ4v) is 3.18. The lowest BCUT2D eigenvalue weighted by atomic mass is 9.86. The molecule has 3 rings (SSSR count). The van der Waals surface area contributed by atoms with Gasteiger partial charge in [-0.2, -0.15) is 0 Å². The van der Waals surface area contributed by atoms with E-state index in [0.717, 1.165) is 30.7 Å². The molecule has 0 bridgehead atoms. The number of rotatable bonds is 2. The van der Waals surface area contributed by atoms with E-state index >= 15 is 0 Å². The van der Waals surface area contributed by atoms with Crippen LogP contribution >= 0.6 is 15.9 Å². The predicted molar refractivity (Wildman–Crippen MR) is 82.5 cm³/mol. The minimum atomic E-state index is -0.488. The maximum absolute atomic E-state index is 6.04. The Morgan fingerprint density at radius 3 is 2.29 bits per heavy atom. The van der Waals surface area contributed by atoms with Crippen LogP contribution in [0.3, 0.4) is 0 Å². The molecule has 0 radical (unpaired) electrons. The number of hydrogen-bond donors (Lipinski definition) is 0. The highest BCUT2D eigenvalue weighted by Crippen LogP contribution is 2.37. The van der Waals surface area contributed by atoms with Gasteiger partial charge in [-0.25, -0.2) is 4.68 Å². The second-order valence-corrected chi connectivity index (χ2v) is 7.39. The molecule has 0 N–H and O–H groups in total. The SMILES string of the molecule is CC1(C)OB(c2nnn(C3CCOCC3)c2Br)OC1(C)C. The molecule has 0 spiro atoms. The molecule has 1 aromatic heterocycles. The molecule has 3 heterocycles. The van der Waals surface area contributed by atoms with Crippen LogP contribution in [0.4, 0.5) is 0 Å². The normalized spacial score (nSPS) is 25.5. The van der Waals surface area contributed by atoms with E-state index in [4.69, 9.17) is 14.0 Å². The quantitative estimate of drug-likeness (QED) is 0.754. The lowest BCUT2D eigenvalue weighted by Gasteiger charge is -2.32. The third-order valence-corrected chi connectivity index (χ3v) is 5.44. The van der Waals surface area contributed by atoms with Crippen LogP contribution in [0, 0.1) is 0 Å². The predicted octanol–water partition coefficient (Wildman–Crippen LogP) is 1.69. The van der Waals surface area contributed by atoms with Crippen molar-refractivity contribution in [3.63, 3.8) is 0 Å². The number of aromatic nitrogens is 3. The maximum atomic E-state index is 6.04. The average Bonchev–Trinajstić information content (AvgIpc) is 2.89. The van der Waals surface area contributed by atoms with E-state index in [-0.39, 0.29) is 11.2 Å². The van der Waals surface area contributed by atoms with Crippen molar-refractivity contribution >= 4 is 28.6 Å². The Bertz CT molecular complexity index is 513. The van der Waals surface area contributed by atoms with Crippen molar-refractivity contribution in [2.75, 3.05) is 13.2 Å². The van der Waals surface area contributed by atoms with Crippen LogP contribution in [0.2, 0.25) is 0 Å². The minimum Gasteiger partial charge on any atom is -0.398 e. The van der Waals surface area contributed by atoms with Crippen molar-refractivity contribution in [2.45, 2.75) is 57.8 Å². The van der Waals surface area contributed by atoms with E-state index in [9.17, 15) is 0 Å². The fourth-order valence-electron chi connectivity index (χ4n) is 2.56. The summed E-state index contributed by atoms with van der Waals surface area (Å²) in [4.78, 5) is 0. The molecule has 1 aromatic rings. The number of nitrogens with zero attached hydrogens (tertiary/aromatic N) is 3. The lowest BCUT2D eigenvalue weighted by Crippen LogP contribution is -2.41. The molecule has 0 aromatic carbocycles. The molecule has 116 valence electrons. The highest BCUT2D eigenvalue weighted by Gasteiger charge is 2.53. The van der Waals surface area contributed by atoms with E-state index in [1.807, 2.05) is 32.4 Å². The summed E-state index contributed by atoms with van der Waals surface area (Å²) in [5.41, 5.74) is -0.0424. The first-order valence-electron chi connectivity index (χ1n) is 7.36. The summed E-state index contributed by atoms with van der Waals surface area (Å²) in [6, 6.07) is 0.316. The Balaban J connectivity index is 1.83. The van der Waals surface area contributed by atoms with Gasteiger partial charge in [0.25, 0.3) is 0 Å². The first-order chi connectivity index (χ1) is 9.82. The molecule has 0 saturated carbocycles. The molecular formula is C13H21BBrN3O3. The Kier molecular flexibility index (Phi) is 3.92. The standard InChI is InChI=1S/C13H21BBrN3O3/c1-12(2)13(3,4)21-14(20-12)10-11(15)18(17-16-10)9-5-7-19-8-6-9/h9H,5-8H2,1-4H3. The smallest absolute Gasteiger partial charge is 0.398 e. The van der Waals surface area contributed by atoms with Gasteiger partial charge >= 0.3 is 7.12 Å². The van der Waals surface area contributed by atoms with E-state index in [2.05, 4.69) is 26.2 Å². The average molecular weight is 358 g/mol. The fraction of sp³-hybridized carbons (Fsp3) is 0.846. The van der Waals surface area contributed by atoms with Crippen molar-refractivity contribution in [1.82, 2.24) is 15.0 Å². The van der Waals surface area contributed by atoms with Crippen molar-refractivity contribution in [1.29, 1.82) is 0 Å². The van der Waals surface area contributed by atoms with Crippen LogP contribution in [0.25, 0.3) is 0 Å². The zero-order valence-corrected chi connectivity index (χ0v) is 14.5. The van der Waals surface area contributed by atoms with Gasteiger partial charge in [0.05, 0.1) is 17.2 Å². The molecule has 0 atom stereocenters. The highest BCUT2D eigenvalue weighted by atomic mass is 79.9. The van der Waals surface area contributed by atoms with Crippen LogP contribution in [0.1, 0.15) is 46.6 Å². The molecular weight excluding hydrogens is 337 g/mol. The first kappa shape index (κ1) is 15.5. The molecule has 0 unspecified atom stereocenters. The van der Waals surface area contributed by atoms with Gasteiger partial charge in [-0.1, -0.05) is 5.21 Å². The summed E-state index contributed by atoms with van der Waals surface area (Å²) in [6.45, 7) is 9.66. The van der Waals surface area contributed by atoms with E-state index in [1.165, 1.54) is 0 Å². The molecule has 0 aliphatic carbocycles. The monoisotopic (exact) mass is 357 g/mol. The Hall–Kier alpha value is -0.435. The summed E-state index contributed by atoms with van der Waals surface area (Å²) >= 11 is 3.61. The van der Waals surface area contributed by atoms with Crippen LogP contribution in [0.15, 0.2) is 4.60 Å². The van der Waals surface area contributed by atoms with Gasteiger partial charge in [-0.3, -0.25) is 0 Å². The highest BCUT2D eigenvalue weighted by molar-refractivity contribution is 9.10. The van der Waals surface area contributed by atoms with Gasteiger partial charge in [-0.15, -0.1) is 5.10 Å². The van der Waals surface area contributed by atoms with Crippen molar-refractivity contribution in [2.24, 2.45) is 0 Å². The van der Waals surface area contributed by atoms with E-state index in [1.54, 1.807) is 0 Å². The van der Waals surface area contributed by atoms with Crippen LogP contribution in [-0.2, 0) is 14.0 Å². The molecule has 6 nitrogen and oxygen atoms in total. The minimum absolute atomic E-state index is 0.316. The Labute approximate surface area is 133 Å². The first-order valence-corrected chi connectivity index (χ1v) is 8.15. The van der Waals surface area contributed by atoms with Gasteiger partial charge in [0.2, 0.25) is 0 Å². The molecule has 2 aliphatic rings. The third-order valence-electron chi connectivity index (χ3n) is 4.67. The number of halogens is 1.